The van der Waals surface area contributed by atoms with E-state index in [9.17, 15) is 0 Å². The Morgan fingerprint density at radius 1 is 1.40 bits per heavy atom. The van der Waals surface area contributed by atoms with Crippen LogP contribution in [0.15, 0.2) is 28.1 Å². The molecule has 20 heavy (non-hydrogen) atoms. The maximum absolute atomic E-state index is 6.28. The first-order valence-electron chi connectivity index (χ1n) is 6.25. The first kappa shape index (κ1) is 14.0. The molecule has 0 radical (unpaired) electrons. The zero-order valence-corrected chi connectivity index (χ0v) is 14.3. The van der Waals surface area contributed by atoms with Crippen LogP contribution in [-0.4, -0.2) is 14.5 Å². The van der Waals surface area contributed by atoms with Gasteiger partial charge in [-0.2, -0.15) is 0 Å². The summed E-state index contributed by atoms with van der Waals surface area (Å²) in [6, 6.07) is 6.07. The monoisotopic (exact) mass is 369 g/mol. The largest absolute Gasteiger partial charge is 0.321 e. The number of halogens is 2. The fourth-order valence-corrected chi connectivity index (χ4v) is 3.35. The zero-order valence-electron chi connectivity index (χ0n) is 11.1. The predicted molar refractivity (Wildman–Crippen MR) is 87.7 cm³/mol. The minimum Gasteiger partial charge on any atom is -0.321 e. The zero-order chi connectivity index (χ0) is 14.3. The molecule has 104 valence electrons. The molecule has 0 fully saturated rings. The molecule has 2 heterocycles. The standard InChI is InChI=1S/C14H13BrClN3S/c1-8(16)14-18-12-4-3-10(15)5-13(12)19(14)6-11-7-20-9(2)17-11/h3-5,7-8H,6H2,1-2H3. The molecular weight excluding hydrogens is 358 g/mol. The third-order valence-corrected chi connectivity index (χ3v) is 4.59. The highest BCUT2D eigenvalue weighted by molar-refractivity contribution is 9.10. The van der Waals surface area contributed by atoms with Crippen LogP contribution >= 0.6 is 38.9 Å². The van der Waals surface area contributed by atoms with E-state index in [2.05, 4.69) is 41.9 Å². The van der Waals surface area contributed by atoms with Crippen molar-refractivity contribution in [2.45, 2.75) is 25.8 Å². The van der Waals surface area contributed by atoms with Crippen molar-refractivity contribution in [1.29, 1.82) is 0 Å². The molecule has 0 aliphatic rings. The second kappa shape index (κ2) is 5.47. The van der Waals surface area contributed by atoms with Crippen molar-refractivity contribution in [3.8, 4) is 0 Å². The molecule has 6 heteroatoms. The molecule has 1 atom stereocenters. The van der Waals surface area contributed by atoms with Gasteiger partial charge in [-0.25, -0.2) is 9.97 Å². The van der Waals surface area contributed by atoms with Crippen LogP contribution in [0.2, 0.25) is 0 Å². The molecular formula is C14H13BrClN3S. The molecule has 0 saturated heterocycles. The van der Waals surface area contributed by atoms with Gasteiger partial charge in [-0.3, -0.25) is 0 Å². The summed E-state index contributed by atoms with van der Waals surface area (Å²) in [6.45, 7) is 4.66. The van der Waals surface area contributed by atoms with Gasteiger partial charge in [0.2, 0.25) is 0 Å². The highest BCUT2D eigenvalue weighted by atomic mass is 79.9. The summed E-state index contributed by atoms with van der Waals surface area (Å²) in [7, 11) is 0. The van der Waals surface area contributed by atoms with Crippen LogP contribution in [0.5, 0.6) is 0 Å². The average Bonchev–Trinajstić information content (AvgIpc) is 2.95. The average molecular weight is 371 g/mol. The number of fused-ring (bicyclic) bond motifs is 1. The van der Waals surface area contributed by atoms with Crippen molar-refractivity contribution >= 4 is 49.9 Å². The summed E-state index contributed by atoms with van der Waals surface area (Å²) < 4.78 is 3.18. The van der Waals surface area contributed by atoms with Gasteiger partial charge in [-0.1, -0.05) is 15.9 Å². The van der Waals surface area contributed by atoms with Crippen molar-refractivity contribution < 1.29 is 0 Å². The molecule has 0 aliphatic carbocycles. The Kier molecular flexibility index (Phi) is 3.84. The summed E-state index contributed by atoms with van der Waals surface area (Å²) in [6.07, 6.45) is 0. The van der Waals surface area contributed by atoms with E-state index in [1.807, 2.05) is 26.0 Å². The van der Waals surface area contributed by atoms with Crippen LogP contribution in [0.1, 0.15) is 28.8 Å². The van der Waals surface area contributed by atoms with Crippen molar-refractivity contribution in [3.63, 3.8) is 0 Å². The van der Waals surface area contributed by atoms with Gasteiger partial charge in [0.25, 0.3) is 0 Å². The maximum atomic E-state index is 6.28. The van der Waals surface area contributed by atoms with Crippen molar-refractivity contribution in [2.24, 2.45) is 0 Å². The maximum Gasteiger partial charge on any atom is 0.128 e. The quantitative estimate of drug-likeness (QED) is 0.613. The van der Waals surface area contributed by atoms with Gasteiger partial charge >= 0.3 is 0 Å². The number of imidazole rings is 1. The number of aryl methyl sites for hydroxylation is 1. The van der Waals surface area contributed by atoms with E-state index in [0.29, 0.717) is 6.54 Å². The number of alkyl halides is 1. The van der Waals surface area contributed by atoms with Crippen LogP contribution in [0, 0.1) is 6.92 Å². The number of hydrogen-bond acceptors (Lipinski definition) is 3. The number of thiazole rings is 1. The SMILES string of the molecule is Cc1nc(Cn2c(C(C)Cl)nc3ccc(Br)cc32)cs1. The normalized spacial score (nSPS) is 13.0. The number of benzene rings is 1. The van der Waals surface area contributed by atoms with Crippen molar-refractivity contribution in [1.82, 2.24) is 14.5 Å². The highest BCUT2D eigenvalue weighted by Crippen LogP contribution is 2.27. The van der Waals surface area contributed by atoms with Crippen LogP contribution in [-0.2, 0) is 6.54 Å². The van der Waals surface area contributed by atoms with Gasteiger partial charge in [0.05, 0.1) is 33.7 Å². The summed E-state index contributed by atoms with van der Waals surface area (Å²) in [5.41, 5.74) is 3.08. The van der Waals surface area contributed by atoms with E-state index in [4.69, 9.17) is 11.6 Å². The van der Waals surface area contributed by atoms with Crippen LogP contribution in [0.3, 0.4) is 0 Å². The molecule has 0 bridgehead atoms. The summed E-state index contributed by atoms with van der Waals surface area (Å²) in [4.78, 5) is 9.17. The van der Waals surface area contributed by atoms with E-state index < -0.39 is 0 Å². The van der Waals surface area contributed by atoms with Crippen LogP contribution in [0.25, 0.3) is 11.0 Å². The number of hydrogen-bond donors (Lipinski definition) is 0. The lowest BCUT2D eigenvalue weighted by molar-refractivity contribution is 0.729. The Labute approximate surface area is 134 Å². The van der Waals surface area contributed by atoms with Gasteiger partial charge in [-0.15, -0.1) is 22.9 Å². The van der Waals surface area contributed by atoms with Gasteiger partial charge < -0.3 is 4.57 Å². The van der Waals surface area contributed by atoms with Gasteiger partial charge in [0.1, 0.15) is 5.82 Å². The van der Waals surface area contributed by atoms with Crippen LogP contribution < -0.4 is 0 Å². The molecule has 0 amide bonds. The van der Waals surface area contributed by atoms with Gasteiger partial charge in [0.15, 0.2) is 0 Å². The highest BCUT2D eigenvalue weighted by Gasteiger charge is 2.16. The van der Waals surface area contributed by atoms with Crippen molar-refractivity contribution in [2.75, 3.05) is 0 Å². The Morgan fingerprint density at radius 3 is 2.85 bits per heavy atom. The van der Waals surface area contributed by atoms with Crippen molar-refractivity contribution in [3.05, 3.63) is 44.6 Å². The second-order valence-corrected chi connectivity index (χ2v) is 7.30. The molecule has 0 saturated carbocycles. The van der Waals surface area contributed by atoms with Crippen LogP contribution in [0.4, 0.5) is 0 Å². The Balaban J connectivity index is 2.15. The molecule has 2 aromatic heterocycles. The lowest BCUT2D eigenvalue weighted by Crippen LogP contribution is -2.06. The topological polar surface area (TPSA) is 30.7 Å². The lowest BCUT2D eigenvalue weighted by atomic mass is 10.3. The number of rotatable bonds is 3. The van der Waals surface area contributed by atoms with Gasteiger partial charge in [-0.05, 0) is 32.0 Å². The van der Waals surface area contributed by atoms with Gasteiger partial charge in [0, 0.05) is 9.85 Å². The summed E-state index contributed by atoms with van der Waals surface area (Å²) in [5.74, 6) is 0.880. The minimum absolute atomic E-state index is 0.138. The second-order valence-electron chi connectivity index (χ2n) is 4.66. The third kappa shape index (κ3) is 2.62. The lowest BCUT2D eigenvalue weighted by Gasteiger charge is -2.09. The van der Waals surface area contributed by atoms with E-state index >= 15 is 0 Å². The minimum atomic E-state index is -0.138. The first-order chi connectivity index (χ1) is 9.54. The Bertz CT molecular complexity index is 763. The molecule has 3 aromatic rings. The summed E-state index contributed by atoms with van der Waals surface area (Å²) in [5, 5.41) is 3.02. The molecule has 0 N–H and O–H groups in total. The first-order valence-corrected chi connectivity index (χ1v) is 8.36. The Hall–Kier alpha value is -0.910. The summed E-state index contributed by atoms with van der Waals surface area (Å²) >= 11 is 11.5. The van der Waals surface area contributed by atoms with E-state index in [1.165, 1.54) is 0 Å². The molecule has 0 spiro atoms. The molecule has 1 unspecified atom stereocenters. The van der Waals surface area contributed by atoms with E-state index in [0.717, 1.165) is 32.0 Å². The smallest absolute Gasteiger partial charge is 0.128 e. The molecule has 0 aliphatic heterocycles. The third-order valence-electron chi connectivity index (χ3n) is 3.08. The Morgan fingerprint density at radius 2 is 2.20 bits per heavy atom. The van der Waals surface area contributed by atoms with E-state index in [-0.39, 0.29) is 5.38 Å². The fourth-order valence-electron chi connectivity index (χ4n) is 2.23. The fraction of sp³-hybridized carbons (Fsp3) is 0.286. The predicted octanol–water partition coefficient (Wildman–Crippen LogP) is 4.91. The van der Waals surface area contributed by atoms with E-state index in [1.54, 1.807) is 11.3 Å². The molecule has 3 nitrogen and oxygen atoms in total. The number of aromatic nitrogens is 3. The molecule has 3 rings (SSSR count). The molecule has 1 aromatic carbocycles. The number of nitrogens with zero attached hydrogens (tertiary/aromatic N) is 3.